The minimum absolute atomic E-state index is 0.314. The van der Waals surface area contributed by atoms with Gasteiger partial charge < -0.3 is 5.11 Å². The number of aromatic carboxylic acids is 1. The third kappa shape index (κ3) is 3.96. The van der Waals surface area contributed by atoms with Crippen LogP contribution >= 0.6 is 0 Å². The molecule has 2 aromatic rings. The molecule has 0 spiro atoms. The Hall–Kier alpha value is -2.20. The first kappa shape index (κ1) is 15.7. The van der Waals surface area contributed by atoms with E-state index >= 15 is 0 Å². The number of carbonyl (C=O) groups is 1. The number of carboxylic acids is 1. The molecule has 1 aromatic carbocycles. The van der Waals surface area contributed by atoms with Gasteiger partial charge in [0.25, 0.3) is 0 Å². The molecule has 3 rings (SSSR count). The zero-order valence-corrected chi connectivity index (χ0v) is 13.2. The summed E-state index contributed by atoms with van der Waals surface area (Å²) in [6, 6.07) is 13.4. The van der Waals surface area contributed by atoms with Crippen LogP contribution in [0.2, 0.25) is 0 Å². The maximum absolute atomic E-state index is 11.5. The Balaban J connectivity index is 1.90. The predicted molar refractivity (Wildman–Crippen MR) is 90.4 cm³/mol. The van der Waals surface area contributed by atoms with Crippen molar-refractivity contribution in [1.82, 2.24) is 9.88 Å². The Morgan fingerprint density at radius 3 is 2.35 bits per heavy atom. The van der Waals surface area contributed by atoms with Gasteiger partial charge in [0.15, 0.2) is 0 Å². The summed E-state index contributed by atoms with van der Waals surface area (Å²) in [5.74, 6) is -0.901. The number of pyridine rings is 1. The third-order valence-electron chi connectivity index (χ3n) is 4.35. The van der Waals surface area contributed by atoms with Crippen LogP contribution in [-0.2, 0) is 6.54 Å². The smallest absolute Gasteiger partial charge is 0.337 e. The molecular formula is C19H22N2O2. The van der Waals surface area contributed by atoms with Crippen LogP contribution in [0.3, 0.4) is 0 Å². The van der Waals surface area contributed by atoms with E-state index in [0.29, 0.717) is 17.8 Å². The molecule has 0 aliphatic carbocycles. The van der Waals surface area contributed by atoms with Gasteiger partial charge in [-0.1, -0.05) is 43.2 Å². The lowest BCUT2D eigenvalue weighted by Gasteiger charge is -2.20. The van der Waals surface area contributed by atoms with Gasteiger partial charge in [-0.25, -0.2) is 4.79 Å². The van der Waals surface area contributed by atoms with E-state index in [1.54, 1.807) is 12.1 Å². The number of carboxylic acid groups (broad SMARTS) is 1. The van der Waals surface area contributed by atoms with Crippen LogP contribution in [0, 0.1) is 0 Å². The Morgan fingerprint density at radius 1 is 1.00 bits per heavy atom. The molecule has 1 N–H and O–H groups in total. The van der Waals surface area contributed by atoms with Crippen LogP contribution in [0.5, 0.6) is 0 Å². The molecular weight excluding hydrogens is 288 g/mol. The van der Waals surface area contributed by atoms with Crippen molar-refractivity contribution < 1.29 is 9.90 Å². The van der Waals surface area contributed by atoms with E-state index in [0.717, 1.165) is 24.3 Å². The molecule has 23 heavy (non-hydrogen) atoms. The molecule has 1 aromatic heterocycles. The van der Waals surface area contributed by atoms with Crippen molar-refractivity contribution in [3.05, 3.63) is 53.7 Å². The van der Waals surface area contributed by atoms with Gasteiger partial charge in [-0.05, 0) is 38.1 Å². The normalized spacial score (nSPS) is 16.0. The standard InChI is InChI=1S/C19H22N2O2/c22-19(23)16-10-11-17(15-8-4-3-5-9-15)20-18(16)14-21-12-6-1-2-7-13-21/h3-5,8-11H,1-2,6-7,12-14H2,(H,22,23). The molecule has 4 nitrogen and oxygen atoms in total. The minimum atomic E-state index is -0.901. The first-order valence-electron chi connectivity index (χ1n) is 8.25. The average Bonchev–Trinajstić information content (AvgIpc) is 2.84. The fraction of sp³-hybridized carbons (Fsp3) is 0.368. The number of rotatable bonds is 4. The van der Waals surface area contributed by atoms with Crippen molar-refractivity contribution in [2.45, 2.75) is 32.2 Å². The summed E-state index contributed by atoms with van der Waals surface area (Å²) >= 11 is 0. The highest BCUT2D eigenvalue weighted by molar-refractivity contribution is 5.89. The van der Waals surface area contributed by atoms with Gasteiger partial charge in [-0.15, -0.1) is 0 Å². The molecule has 0 bridgehead atoms. The summed E-state index contributed by atoms with van der Waals surface area (Å²) < 4.78 is 0. The number of hydrogen-bond donors (Lipinski definition) is 1. The minimum Gasteiger partial charge on any atom is -0.478 e. The molecule has 0 radical (unpaired) electrons. The average molecular weight is 310 g/mol. The van der Waals surface area contributed by atoms with Crippen molar-refractivity contribution in [3.8, 4) is 11.3 Å². The van der Waals surface area contributed by atoms with Gasteiger partial charge in [0, 0.05) is 12.1 Å². The summed E-state index contributed by atoms with van der Waals surface area (Å²) in [6.07, 6.45) is 4.89. The zero-order chi connectivity index (χ0) is 16.1. The van der Waals surface area contributed by atoms with Crippen molar-refractivity contribution in [2.24, 2.45) is 0 Å². The molecule has 0 saturated carbocycles. The van der Waals surface area contributed by atoms with Gasteiger partial charge in [0.1, 0.15) is 0 Å². The first-order chi connectivity index (χ1) is 11.2. The number of hydrogen-bond acceptors (Lipinski definition) is 3. The van der Waals surface area contributed by atoms with Gasteiger partial charge in [0.2, 0.25) is 0 Å². The van der Waals surface area contributed by atoms with Crippen molar-refractivity contribution in [3.63, 3.8) is 0 Å². The second kappa shape index (κ2) is 7.38. The maximum atomic E-state index is 11.5. The summed E-state index contributed by atoms with van der Waals surface area (Å²) in [7, 11) is 0. The summed E-state index contributed by atoms with van der Waals surface area (Å²) in [5.41, 5.74) is 2.83. The van der Waals surface area contributed by atoms with E-state index < -0.39 is 5.97 Å². The molecule has 1 saturated heterocycles. The first-order valence-corrected chi connectivity index (χ1v) is 8.25. The van der Waals surface area contributed by atoms with Gasteiger partial charge in [-0.3, -0.25) is 9.88 Å². The molecule has 0 amide bonds. The molecule has 0 unspecified atom stereocenters. The van der Waals surface area contributed by atoms with Crippen LogP contribution < -0.4 is 0 Å². The second-order valence-corrected chi connectivity index (χ2v) is 6.05. The summed E-state index contributed by atoms with van der Waals surface area (Å²) in [5, 5.41) is 9.45. The van der Waals surface area contributed by atoms with Gasteiger partial charge in [0.05, 0.1) is 17.0 Å². The molecule has 1 fully saturated rings. The Bertz CT molecular complexity index is 662. The van der Waals surface area contributed by atoms with Gasteiger partial charge in [-0.2, -0.15) is 0 Å². The number of aromatic nitrogens is 1. The number of benzene rings is 1. The number of nitrogens with zero attached hydrogens (tertiary/aromatic N) is 2. The Morgan fingerprint density at radius 2 is 1.70 bits per heavy atom. The topological polar surface area (TPSA) is 53.4 Å². The number of likely N-dealkylation sites (tertiary alicyclic amines) is 1. The van der Waals surface area contributed by atoms with Crippen molar-refractivity contribution >= 4 is 5.97 Å². The van der Waals surface area contributed by atoms with Crippen LogP contribution in [0.15, 0.2) is 42.5 Å². The SMILES string of the molecule is O=C(O)c1ccc(-c2ccccc2)nc1CN1CCCCCC1. The molecule has 120 valence electrons. The largest absolute Gasteiger partial charge is 0.478 e. The molecule has 0 atom stereocenters. The van der Waals surface area contributed by atoms with E-state index in [1.165, 1.54) is 25.7 Å². The lowest BCUT2D eigenvalue weighted by molar-refractivity contribution is 0.0693. The highest BCUT2D eigenvalue weighted by Gasteiger charge is 2.17. The molecule has 4 heteroatoms. The van der Waals surface area contributed by atoms with Crippen LogP contribution in [-0.4, -0.2) is 34.0 Å². The van der Waals surface area contributed by atoms with E-state index in [-0.39, 0.29) is 0 Å². The van der Waals surface area contributed by atoms with Crippen LogP contribution in [0.4, 0.5) is 0 Å². The quantitative estimate of drug-likeness (QED) is 0.932. The zero-order valence-electron chi connectivity index (χ0n) is 13.2. The molecule has 1 aliphatic heterocycles. The summed E-state index contributed by atoms with van der Waals surface area (Å²) in [6.45, 7) is 2.66. The highest BCUT2D eigenvalue weighted by Crippen LogP contribution is 2.21. The molecule has 1 aliphatic rings. The van der Waals surface area contributed by atoms with Gasteiger partial charge >= 0.3 is 5.97 Å². The van der Waals surface area contributed by atoms with Crippen molar-refractivity contribution in [1.29, 1.82) is 0 Å². The second-order valence-electron chi connectivity index (χ2n) is 6.05. The van der Waals surface area contributed by atoms with Crippen LogP contribution in [0.1, 0.15) is 41.7 Å². The van der Waals surface area contributed by atoms with E-state index in [4.69, 9.17) is 0 Å². The highest BCUT2D eigenvalue weighted by atomic mass is 16.4. The fourth-order valence-electron chi connectivity index (χ4n) is 3.09. The lowest BCUT2D eigenvalue weighted by Crippen LogP contribution is -2.26. The monoisotopic (exact) mass is 310 g/mol. The molecule has 2 heterocycles. The predicted octanol–water partition coefficient (Wildman–Crippen LogP) is 3.82. The van der Waals surface area contributed by atoms with Crippen molar-refractivity contribution in [2.75, 3.05) is 13.1 Å². The fourth-order valence-corrected chi connectivity index (χ4v) is 3.09. The van der Waals surface area contributed by atoms with E-state index in [2.05, 4.69) is 9.88 Å². The Kier molecular flexibility index (Phi) is 5.03. The maximum Gasteiger partial charge on any atom is 0.337 e. The summed E-state index contributed by atoms with van der Waals surface area (Å²) in [4.78, 5) is 18.5. The lowest BCUT2D eigenvalue weighted by atomic mass is 10.1. The van der Waals surface area contributed by atoms with E-state index in [9.17, 15) is 9.90 Å². The third-order valence-corrected chi connectivity index (χ3v) is 4.35. The van der Waals surface area contributed by atoms with Crippen LogP contribution in [0.25, 0.3) is 11.3 Å². The van der Waals surface area contributed by atoms with E-state index in [1.807, 2.05) is 30.3 Å². The Labute approximate surface area is 136 Å².